The van der Waals surface area contributed by atoms with Crippen LogP contribution >= 0.6 is 0 Å². The van der Waals surface area contributed by atoms with E-state index >= 15 is 0 Å². The van der Waals surface area contributed by atoms with Crippen LogP contribution in [-0.2, 0) is 19.1 Å². The Morgan fingerprint density at radius 2 is 2.09 bits per heavy atom. The van der Waals surface area contributed by atoms with E-state index in [1.54, 1.807) is 0 Å². The molecule has 0 saturated carbocycles. The molecule has 1 rings (SSSR count). The lowest BCUT2D eigenvalue weighted by Crippen LogP contribution is -2.42. The normalized spacial score (nSPS) is 15.9. The minimum absolute atomic E-state index is 0.0310. The largest absolute Gasteiger partial charge is 0.466 e. The summed E-state index contributed by atoms with van der Waals surface area (Å²) in [6.45, 7) is 4.11. The highest BCUT2D eigenvalue weighted by Crippen LogP contribution is 2.15. The lowest BCUT2D eigenvalue weighted by atomic mass is 9.95. The van der Waals surface area contributed by atoms with Crippen LogP contribution in [0.2, 0.25) is 0 Å². The first-order chi connectivity index (χ1) is 10.8. The molecule has 8 heteroatoms. The molecule has 8 nitrogen and oxygen atoms in total. The number of imide groups is 1. The van der Waals surface area contributed by atoms with Gasteiger partial charge in [0.25, 0.3) is 0 Å². The van der Waals surface area contributed by atoms with Crippen molar-refractivity contribution in [3.05, 3.63) is 12.2 Å². The molecule has 0 radical (unpaired) electrons. The minimum Gasteiger partial charge on any atom is -0.466 e. The number of urea groups is 1. The summed E-state index contributed by atoms with van der Waals surface area (Å²) in [5, 5.41) is 5.10. The number of ether oxygens (including phenoxy) is 1. The van der Waals surface area contributed by atoms with Gasteiger partial charge in [0.2, 0.25) is 11.8 Å². The SMILES string of the molecule is COC(=O)/C=C/CNC(=O)C(CC(C)C)CN1C(=O)CNC1=O. The van der Waals surface area contributed by atoms with Crippen molar-refractivity contribution < 1.29 is 23.9 Å². The lowest BCUT2D eigenvalue weighted by molar-refractivity contribution is -0.135. The number of hydrogen-bond acceptors (Lipinski definition) is 5. The van der Waals surface area contributed by atoms with Gasteiger partial charge in [-0.25, -0.2) is 9.59 Å². The first kappa shape index (κ1) is 18.7. The van der Waals surface area contributed by atoms with E-state index in [2.05, 4.69) is 15.4 Å². The van der Waals surface area contributed by atoms with E-state index in [-0.39, 0.29) is 37.4 Å². The van der Waals surface area contributed by atoms with Gasteiger partial charge in [0.1, 0.15) is 0 Å². The van der Waals surface area contributed by atoms with Gasteiger partial charge in [-0.3, -0.25) is 14.5 Å². The molecular formula is C15H23N3O5. The molecular weight excluding hydrogens is 302 g/mol. The zero-order chi connectivity index (χ0) is 17.4. The molecule has 1 atom stereocenters. The first-order valence-electron chi connectivity index (χ1n) is 7.45. The zero-order valence-corrected chi connectivity index (χ0v) is 13.6. The van der Waals surface area contributed by atoms with Gasteiger partial charge in [0.05, 0.1) is 19.6 Å². The monoisotopic (exact) mass is 325 g/mol. The van der Waals surface area contributed by atoms with Crippen LogP contribution in [0.4, 0.5) is 4.79 Å². The predicted molar refractivity (Wildman–Crippen MR) is 82.2 cm³/mol. The fourth-order valence-electron chi connectivity index (χ4n) is 2.22. The van der Waals surface area contributed by atoms with E-state index in [9.17, 15) is 19.2 Å². The molecule has 1 aliphatic heterocycles. The van der Waals surface area contributed by atoms with Crippen LogP contribution < -0.4 is 10.6 Å². The highest BCUT2D eigenvalue weighted by molar-refractivity contribution is 6.02. The number of nitrogens with one attached hydrogen (secondary N) is 2. The Balaban J connectivity index is 2.60. The quantitative estimate of drug-likeness (QED) is 0.373. The van der Waals surface area contributed by atoms with Crippen molar-refractivity contribution in [3.8, 4) is 0 Å². The summed E-state index contributed by atoms with van der Waals surface area (Å²) in [6, 6.07) is -0.470. The van der Waals surface area contributed by atoms with Gasteiger partial charge in [-0.15, -0.1) is 0 Å². The summed E-state index contributed by atoms with van der Waals surface area (Å²) in [5.41, 5.74) is 0. The number of carbonyl (C=O) groups excluding carboxylic acids is 4. The second-order valence-electron chi connectivity index (χ2n) is 5.66. The van der Waals surface area contributed by atoms with Crippen LogP contribution in [0.25, 0.3) is 0 Å². The average molecular weight is 325 g/mol. The van der Waals surface area contributed by atoms with Gasteiger partial charge >= 0.3 is 12.0 Å². The van der Waals surface area contributed by atoms with E-state index < -0.39 is 17.9 Å². The summed E-state index contributed by atoms with van der Waals surface area (Å²) in [7, 11) is 1.27. The van der Waals surface area contributed by atoms with Crippen molar-refractivity contribution in [2.45, 2.75) is 20.3 Å². The van der Waals surface area contributed by atoms with Crippen molar-refractivity contribution in [1.29, 1.82) is 0 Å². The lowest BCUT2D eigenvalue weighted by Gasteiger charge is -2.22. The van der Waals surface area contributed by atoms with Gasteiger partial charge in [0.15, 0.2) is 0 Å². The van der Waals surface area contributed by atoms with Crippen LogP contribution in [0.5, 0.6) is 0 Å². The molecule has 0 aliphatic carbocycles. The summed E-state index contributed by atoms with van der Waals surface area (Å²) >= 11 is 0. The Morgan fingerprint density at radius 1 is 1.39 bits per heavy atom. The summed E-state index contributed by atoms with van der Waals surface area (Å²) in [4.78, 5) is 47.5. The number of carbonyl (C=O) groups is 4. The summed E-state index contributed by atoms with van der Waals surface area (Å²) in [6.07, 6.45) is 3.24. The predicted octanol–water partition coefficient (Wildman–Crippen LogP) is 0.0459. The third-order valence-electron chi connectivity index (χ3n) is 3.32. The van der Waals surface area contributed by atoms with Gasteiger partial charge in [-0.2, -0.15) is 0 Å². The smallest absolute Gasteiger partial charge is 0.330 e. The molecule has 1 heterocycles. The maximum absolute atomic E-state index is 12.3. The molecule has 0 aromatic rings. The number of esters is 1. The Bertz CT molecular complexity index is 485. The second kappa shape index (κ2) is 8.92. The fraction of sp³-hybridized carbons (Fsp3) is 0.600. The number of rotatable bonds is 8. The van der Waals surface area contributed by atoms with Crippen LogP contribution in [0.3, 0.4) is 0 Å². The molecule has 0 spiro atoms. The van der Waals surface area contributed by atoms with Gasteiger partial charge in [-0.05, 0) is 12.3 Å². The standard InChI is InChI=1S/C15H23N3O5/c1-10(2)7-11(9-18-12(19)8-17-15(18)22)14(21)16-6-4-5-13(20)23-3/h4-5,10-11H,6-9H2,1-3H3,(H,16,21)(H,17,22)/b5-4+. The zero-order valence-electron chi connectivity index (χ0n) is 13.6. The van der Waals surface area contributed by atoms with Crippen molar-refractivity contribution >= 4 is 23.8 Å². The summed E-state index contributed by atoms with van der Waals surface area (Å²) < 4.78 is 4.44. The third kappa shape index (κ3) is 6.09. The summed E-state index contributed by atoms with van der Waals surface area (Å²) in [5.74, 6) is -1.35. The van der Waals surface area contributed by atoms with Crippen molar-refractivity contribution in [1.82, 2.24) is 15.5 Å². The molecule has 23 heavy (non-hydrogen) atoms. The van der Waals surface area contributed by atoms with E-state index in [0.29, 0.717) is 6.42 Å². The fourth-order valence-corrected chi connectivity index (χ4v) is 2.22. The topological polar surface area (TPSA) is 105 Å². The van der Waals surface area contributed by atoms with Crippen molar-refractivity contribution in [3.63, 3.8) is 0 Å². The maximum atomic E-state index is 12.3. The molecule has 1 saturated heterocycles. The van der Waals surface area contributed by atoms with Gasteiger partial charge < -0.3 is 15.4 Å². The van der Waals surface area contributed by atoms with E-state index in [1.807, 2.05) is 13.8 Å². The van der Waals surface area contributed by atoms with E-state index in [0.717, 1.165) is 4.90 Å². The van der Waals surface area contributed by atoms with Crippen LogP contribution in [0.15, 0.2) is 12.2 Å². The Morgan fingerprint density at radius 3 is 2.61 bits per heavy atom. The molecule has 0 bridgehead atoms. The number of methoxy groups -OCH3 is 1. The Kier molecular flexibility index (Phi) is 7.24. The van der Waals surface area contributed by atoms with Crippen molar-refractivity contribution in [2.24, 2.45) is 11.8 Å². The molecule has 0 aromatic carbocycles. The minimum atomic E-state index is -0.502. The number of nitrogens with zero attached hydrogens (tertiary/aromatic N) is 1. The van der Waals surface area contributed by atoms with Crippen molar-refractivity contribution in [2.75, 3.05) is 26.7 Å². The Hall–Kier alpha value is -2.38. The maximum Gasteiger partial charge on any atom is 0.330 e. The third-order valence-corrected chi connectivity index (χ3v) is 3.32. The van der Waals surface area contributed by atoms with Crippen LogP contribution in [0, 0.1) is 11.8 Å². The molecule has 128 valence electrons. The van der Waals surface area contributed by atoms with E-state index in [4.69, 9.17) is 0 Å². The molecule has 1 fully saturated rings. The van der Waals surface area contributed by atoms with Crippen LogP contribution in [0.1, 0.15) is 20.3 Å². The highest BCUT2D eigenvalue weighted by Gasteiger charge is 2.33. The van der Waals surface area contributed by atoms with Crippen LogP contribution in [-0.4, -0.2) is 55.5 Å². The molecule has 4 amide bonds. The number of hydrogen-bond donors (Lipinski definition) is 2. The molecule has 1 unspecified atom stereocenters. The first-order valence-corrected chi connectivity index (χ1v) is 7.45. The molecule has 0 aromatic heterocycles. The molecule has 2 N–H and O–H groups in total. The average Bonchev–Trinajstić information content (AvgIpc) is 2.81. The van der Waals surface area contributed by atoms with Gasteiger partial charge in [0, 0.05) is 19.2 Å². The number of amides is 4. The second-order valence-corrected chi connectivity index (χ2v) is 5.66. The Labute approximate surface area is 135 Å². The van der Waals surface area contributed by atoms with E-state index in [1.165, 1.54) is 19.3 Å². The van der Waals surface area contributed by atoms with Gasteiger partial charge in [-0.1, -0.05) is 19.9 Å². The molecule has 1 aliphatic rings. The highest BCUT2D eigenvalue weighted by atomic mass is 16.5.